The molecule has 83 heavy (non-hydrogen) atoms. The van der Waals surface area contributed by atoms with Crippen LogP contribution in [0.15, 0.2) is 54.1 Å². The number of primary amides is 1. The molecule has 5 amide bonds. The molecule has 0 spiro atoms. The zero-order valence-corrected chi connectivity index (χ0v) is 51.1. The first-order chi connectivity index (χ1) is 39.3. The lowest BCUT2D eigenvalue weighted by Crippen LogP contribution is -2.53. The number of nitrogens with one attached hydrogen (secondary N) is 3. The van der Waals surface area contributed by atoms with Gasteiger partial charge >= 0.3 is 24.1 Å². The molecule has 20 nitrogen and oxygen atoms in total. The van der Waals surface area contributed by atoms with Crippen LogP contribution in [0.2, 0.25) is 10.0 Å². The lowest BCUT2D eigenvalue weighted by molar-refractivity contribution is -0.187. The predicted octanol–water partition coefficient (Wildman–Crippen LogP) is 9.09. The number of nitrogens with two attached hydrogens (primary N) is 1. The van der Waals surface area contributed by atoms with Crippen molar-refractivity contribution in [1.29, 1.82) is 0 Å². The van der Waals surface area contributed by atoms with Crippen LogP contribution in [0.3, 0.4) is 0 Å². The highest BCUT2D eigenvalue weighted by Crippen LogP contribution is 2.50. The van der Waals surface area contributed by atoms with Crippen molar-refractivity contribution in [3.8, 4) is 5.75 Å². The molecule has 9 atom stereocenters. The highest BCUT2D eigenvalue weighted by molar-refractivity contribution is 6.35. The van der Waals surface area contributed by atoms with Gasteiger partial charge in [-0.25, -0.2) is 9.59 Å². The number of Topliss-reactive ketones (excluding diaryl/α,β-unsaturated/α-hetero) is 2. The van der Waals surface area contributed by atoms with Crippen molar-refractivity contribution in [2.24, 2.45) is 29.4 Å². The fourth-order valence-electron chi connectivity index (χ4n) is 10.8. The quantitative estimate of drug-likeness (QED) is 0.0268. The van der Waals surface area contributed by atoms with Gasteiger partial charge < -0.3 is 54.8 Å². The smallest absolute Gasteiger partial charge is 0.412 e. The molecule has 458 valence electrons. The van der Waals surface area contributed by atoms with E-state index in [2.05, 4.69) is 16.0 Å². The number of halogens is 2. The van der Waals surface area contributed by atoms with Crippen LogP contribution in [0.1, 0.15) is 137 Å². The lowest BCUT2D eigenvalue weighted by atomic mass is 9.78. The number of carbonyl (C=O) groups excluding carboxylic acids is 8. The predicted molar refractivity (Wildman–Crippen MR) is 314 cm³/mol. The Morgan fingerprint density at radius 1 is 1.00 bits per heavy atom. The van der Waals surface area contributed by atoms with Gasteiger partial charge in [-0.2, -0.15) is 0 Å². The Morgan fingerprint density at radius 3 is 2.37 bits per heavy atom. The fraction of sp³-hybridized carbons (Fsp3) is 0.607. The molecule has 3 heterocycles. The van der Waals surface area contributed by atoms with Crippen molar-refractivity contribution >= 4 is 82.0 Å². The number of ether oxygens (including phenoxy) is 6. The van der Waals surface area contributed by atoms with Gasteiger partial charge in [0.2, 0.25) is 11.8 Å². The Kier molecular flexibility index (Phi) is 25.4. The Balaban J connectivity index is 1.31. The standard InChI is InChI=1S/C61H85Cl2N5O15/c1-11-40(12-2)57(74)80-25-15-13-14-19-41(69)31-42(35(3)4)56(73)66-45(20-17-24-65-58(64)75)47(70)29-38-22-23-44(43(62)27-38)67-59(76)82-51-32-52(71)68(8)46-28-39(30-48(78-9)54(46)63)26-36(5)18-16-21-50(79-10)61(77)33-49(81-53(72)34-61)37(6)55-60(51,7)83-55/h16,18,21-23,27-28,30,35,37,40,42,45,49-51,55,77H,11-15,17,19-20,24-26,29,31-34H2,1-10H3,(H,66,73)(H,67,76)(H3,64,65,75)/b21-16+,36-18+/t37-,42+,45+,49+,50-,51+,55+,60+,61-/m1/s1. The number of carbonyl (C=O) groups is 8. The van der Waals surface area contributed by atoms with E-state index in [9.17, 15) is 43.5 Å². The van der Waals surface area contributed by atoms with E-state index in [1.165, 1.54) is 31.3 Å². The SMILES string of the molecule is CCC(CC)C(=O)OCCCCCC(=O)C[C@H](C(=O)N[C@@H](CCCNC(N)=O)C(=O)Cc1ccc(NC(=O)O[C@H]2CC(=O)N(C)c3cc(cc(OC)c3Cl)C/C(C)=C/C=C/[C@@H](OC)[C@]3(O)CC(=O)O[C@@H](C3)[C@@H](C)[C@@H]3O[C@@]23C)c(Cl)c1)C(C)C. The van der Waals surface area contributed by atoms with Crippen LogP contribution in [0.4, 0.5) is 21.0 Å². The minimum absolute atomic E-state index is 0.00659. The average Bonchev–Trinajstić information content (AvgIpc) is 2.23. The number of urea groups is 1. The van der Waals surface area contributed by atoms with Gasteiger partial charge in [-0.3, -0.25) is 34.1 Å². The van der Waals surface area contributed by atoms with Crippen molar-refractivity contribution in [2.45, 2.75) is 180 Å². The van der Waals surface area contributed by atoms with E-state index in [0.29, 0.717) is 55.5 Å². The van der Waals surface area contributed by atoms with Crippen molar-refractivity contribution in [2.75, 3.05) is 44.6 Å². The molecule has 0 radical (unpaired) electrons. The van der Waals surface area contributed by atoms with Gasteiger partial charge in [0.05, 0.1) is 61.0 Å². The van der Waals surface area contributed by atoms with Crippen LogP contribution >= 0.6 is 23.2 Å². The number of hydrogen-bond acceptors (Lipinski definition) is 15. The molecule has 2 saturated heterocycles. The summed E-state index contributed by atoms with van der Waals surface area (Å²) in [5.74, 6) is -3.66. The zero-order valence-electron chi connectivity index (χ0n) is 49.6. The second-order valence-electron chi connectivity index (χ2n) is 22.7. The fourth-order valence-corrected chi connectivity index (χ4v) is 11.4. The van der Waals surface area contributed by atoms with Crippen LogP contribution in [0.5, 0.6) is 5.75 Å². The maximum atomic E-state index is 14.4. The van der Waals surface area contributed by atoms with Crippen LogP contribution < -0.4 is 31.3 Å². The van der Waals surface area contributed by atoms with Gasteiger partial charge in [0.25, 0.3) is 0 Å². The van der Waals surface area contributed by atoms with Crippen molar-refractivity contribution in [3.05, 3.63) is 75.3 Å². The maximum absolute atomic E-state index is 14.4. The Bertz CT molecular complexity index is 2720. The molecule has 2 aromatic rings. The number of methoxy groups -OCH3 is 2. The number of hydrogen-bond donors (Lipinski definition) is 5. The summed E-state index contributed by atoms with van der Waals surface area (Å²) < 4.78 is 35.0. The molecule has 3 aliphatic heterocycles. The average molecular weight is 1200 g/mol. The summed E-state index contributed by atoms with van der Waals surface area (Å²) in [5, 5.41) is 20.2. The van der Waals surface area contributed by atoms with E-state index in [0.717, 1.165) is 11.1 Å². The van der Waals surface area contributed by atoms with E-state index in [1.54, 1.807) is 51.2 Å². The summed E-state index contributed by atoms with van der Waals surface area (Å²) in [6, 6.07) is 6.30. The van der Waals surface area contributed by atoms with Gasteiger partial charge in [-0.1, -0.05) is 87.7 Å². The lowest BCUT2D eigenvalue weighted by Gasteiger charge is -2.41. The minimum Gasteiger partial charge on any atom is -0.495 e. The molecule has 5 rings (SSSR count). The van der Waals surface area contributed by atoms with Gasteiger partial charge in [0.1, 0.15) is 46.1 Å². The number of unbranched alkanes of at least 4 members (excludes halogenated alkanes) is 2. The molecule has 6 N–H and O–H groups in total. The summed E-state index contributed by atoms with van der Waals surface area (Å²) >= 11 is 13.6. The third-order valence-electron chi connectivity index (χ3n) is 16.0. The van der Waals surface area contributed by atoms with Crippen LogP contribution in [-0.4, -0.2) is 129 Å². The summed E-state index contributed by atoms with van der Waals surface area (Å²) in [4.78, 5) is 108. The molecule has 4 bridgehead atoms. The summed E-state index contributed by atoms with van der Waals surface area (Å²) in [7, 11) is 4.45. The van der Waals surface area contributed by atoms with E-state index in [4.69, 9.17) is 57.4 Å². The number of benzene rings is 2. The molecule has 0 aromatic heterocycles. The molecule has 22 heteroatoms. The first-order valence-electron chi connectivity index (χ1n) is 28.7. The molecule has 3 aliphatic rings. The van der Waals surface area contributed by atoms with Crippen molar-refractivity contribution in [1.82, 2.24) is 10.6 Å². The molecular weight excluding hydrogens is 1110 g/mol. The van der Waals surface area contributed by atoms with Gasteiger partial charge in [-0.05, 0) is 107 Å². The highest BCUT2D eigenvalue weighted by atomic mass is 35.5. The first kappa shape index (κ1) is 67.7. The summed E-state index contributed by atoms with van der Waals surface area (Å²) in [5.41, 5.74) is 4.84. The van der Waals surface area contributed by atoms with E-state index in [-0.39, 0.29) is 103 Å². The summed E-state index contributed by atoms with van der Waals surface area (Å²) in [6.45, 7) is 13.3. The normalized spacial score (nSPS) is 24.5. The Hall–Kier alpha value is -6.06. The second-order valence-corrected chi connectivity index (χ2v) is 23.5. The number of aliphatic hydroxyl groups is 1. The van der Waals surface area contributed by atoms with Crippen molar-refractivity contribution in [3.63, 3.8) is 0 Å². The largest absolute Gasteiger partial charge is 0.495 e. The van der Waals surface area contributed by atoms with E-state index >= 15 is 0 Å². The van der Waals surface area contributed by atoms with Crippen LogP contribution in [0.25, 0.3) is 0 Å². The van der Waals surface area contributed by atoms with Crippen LogP contribution in [0, 0.1) is 23.7 Å². The number of fused-ring (bicyclic) bond motifs is 5. The number of epoxide rings is 1. The number of ketones is 2. The third-order valence-corrected chi connectivity index (χ3v) is 16.7. The number of esters is 2. The summed E-state index contributed by atoms with van der Waals surface area (Å²) in [6.07, 6.45) is 3.93. The number of anilines is 2. The first-order valence-corrected chi connectivity index (χ1v) is 29.4. The molecule has 0 saturated carbocycles. The molecular formula is C61H85Cl2N5O15. The van der Waals surface area contributed by atoms with Crippen LogP contribution in [-0.2, 0) is 65.3 Å². The Morgan fingerprint density at radius 2 is 1.72 bits per heavy atom. The Labute approximate surface area is 497 Å². The second kappa shape index (κ2) is 31.2. The number of amides is 5. The van der Waals surface area contributed by atoms with E-state index < -0.39 is 89.8 Å². The number of allylic oxidation sites excluding steroid dienone is 3. The van der Waals surface area contributed by atoms with Crippen molar-refractivity contribution < 1.29 is 71.9 Å². The monoisotopic (exact) mass is 1200 g/mol. The zero-order chi connectivity index (χ0) is 61.3. The third kappa shape index (κ3) is 19.0. The van der Waals surface area contributed by atoms with Gasteiger partial charge in [0.15, 0.2) is 5.78 Å². The maximum Gasteiger partial charge on any atom is 0.412 e. The minimum atomic E-state index is -1.65. The van der Waals surface area contributed by atoms with Gasteiger partial charge in [-0.15, -0.1) is 0 Å². The van der Waals surface area contributed by atoms with Gasteiger partial charge in [0, 0.05) is 58.2 Å². The molecule has 0 aliphatic carbocycles. The molecule has 2 fully saturated rings. The van der Waals surface area contributed by atoms with E-state index in [1.807, 2.05) is 40.7 Å². The molecule has 2 aromatic carbocycles. The number of rotatable bonds is 25. The highest BCUT2D eigenvalue weighted by Gasteiger charge is 2.64. The topological polar surface area (TPSA) is 281 Å². The molecule has 0 unspecified atom stereocenters. The number of nitrogens with zero attached hydrogens (tertiary/aromatic N) is 1.